The molecule has 1 unspecified atom stereocenters. The fourth-order valence-corrected chi connectivity index (χ4v) is 11.2. The van der Waals surface area contributed by atoms with Crippen molar-refractivity contribution in [1.29, 1.82) is 0 Å². The predicted octanol–water partition coefficient (Wildman–Crippen LogP) is 6.00. The van der Waals surface area contributed by atoms with Crippen LogP contribution in [0.4, 0.5) is 40.2 Å². The highest BCUT2D eigenvalue weighted by Crippen LogP contribution is 2.38. The lowest BCUT2D eigenvalue weighted by Crippen LogP contribution is -2.52. The van der Waals surface area contributed by atoms with Crippen LogP contribution in [0.3, 0.4) is 0 Å². The monoisotopic (exact) mass is 994 g/mol. The van der Waals surface area contributed by atoms with Crippen LogP contribution in [0.1, 0.15) is 36.8 Å². The minimum absolute atomic E-state index is 0.0253. The Hall–Kier alpha value is -5.30. The van der Waals surface area contributed by atoms with E-state index in [1.165, 1.54) is 5.56 Å². The quantitative estimate of drug-likeness (QED) is 0.129. The highest BCUT2D eigenvalue weighted by Gasteiger charge is 2.32. The van der Waals surface area contributed by atoms with E-state index in [0.29, 0.717) is 59.9 Å². The molecule has 1 aromatic heterocycles. The lowest BCUT2D eigenvalue weighted by atomic mass is 10.0. The SMILES string of the molecule is COc1cc2c(cc1Nc1ncc(Cl)c(Nc3ccc(N4CCC(N5CCN(C)CC5)CC4)cc3OC)n1)CCN(C(Nc1ccc(N3CCC(N4CCN(C)CC4)CC3)cc1OC)C(=O)N(C)C)CC2. The Morgan fingerprint density at radius 1 is 0.634 bits per heavy atom. The highest BCUT2D eigenvalue weighted by molar-refractivity contribution is 6.33. The van der Waals surface area contributed by atoms with Gasteiger partial charge in [-0.15, -0.1) is 0 Å². The number of piperazine rings is 2. The van der Waals surface area contributed by atoms with Crippen molar-refractivity contribution in [1.82, 2.24) is 39.4 Å². The molecule has 384 valence electrons. The van der Waals surface area contributed by atoms with Crippen molar-refractivity contribution in [2.24, 2.45) is 0 Å². The molecule has 5 aliphatic heterocycles. The van der Waals surface area contributed by atoms with Gasteiger partial charge in [0.2, 0.25) is 5.95 Å². The predicted molar refractivity (Wildman–Crippen MR) is 286 cm³/mol. The number of carbonyl (C=O) groups excluding carboxylic acids is 1. The Bertz CT molecular complexity index is 2430. The van der Waals surface area contributed by atoms with Gasteiger partial charge in [0.1, 0.15) is 22.3 Å². The molecule has 3 N–H and O–H groups in total. The molecule has 3 aromatic carbocycles. The number of amides is 1. The number of likely N-dealkylation sites (N-methyl/N-ethyl adjacent to an activating group) is 3. The first-order valence-electron chi connectivity index (χ1n) is 25.7. The molecule has 6 heterocycles. The molecule has 71 heavy (non-hydrogen) atoms. The zero-order chi connectivity index (χ0) is 49.6. The molecule has 1 amide bonds. The van der Waals surface area contributed by atoms with E-state index in [2.05, 4.69) is 112 Å². The van der Waals surface area contributed by atoms with Gasteiger partial charge in [-0.1, -0.05) is 11.6 Å². The smallest absolute Gasteiger partial charge is 0.259 e. The van der Waals surface area contributed by atoms with E-state index in [-0.39, 0.29) is 5.91 Å². The number of fused-ring (bicyclic) bond motifs is 1. The fraction of sp³-hybridized carbons (Fsp3) is 0.566. The first-order chi connectivity index (χ1) is 34.5. The molecule has 4 saturated heterocycles. The van der Waals surface area contributed by atoms with Crippen molar-refractivity contribution in [3.8, 4) is 17.2 Å². The summed E-state index contributed by atoms with van der Waals surface area (Å²) in [7, 11) is 13.1. The van der Waals surface area contributed by atoms with Gasteiger partial charge >= 0.3 is 0 Å². The third kappa shape index (κ3) is 12.0. The average molecular weight is 995 g/mol. The van der Waals surface area contributed by atoms with Crippen LogP contribution in [-0.2, 0) is 17.6 Å². The van der Waals surface area contributed by atoms with E-state index in [0.717, 1.165) is 150 Å². The summed E-state index contributed by atoms with van der Waals surface area (Å²) in [5.41, 5.74) is 6.89. The first kappa shape index (κ1) is 50.6. The molecular weight excluding hydrogens is 918 g/mol. The van der Waals surface area contributed by atoms with Crippen LogP contribution in [0.25, 0.3) is 0 Å². The van der Waals surface area contributed by atoms with Crippen LogP contribution in [0.15, 0.2) is 54.7 Å². The number of hydrogen-bond donors (Lipinski definition) is 3. The minimum atomic E-state index is -0.606. The maximum absolute atomic E-state index is 14.0. The first-order valence-corrected chi connectivity index (χ1v) is 26.0. The number of nitrogens with zero attached hydrogens (tertiary/aromatic N) is 10. The van der Waals surface area contributed by atoms with Gasteiger partial charge in [0.15, 0.2) is 12.0 Å². The number of hydrogen-bond acceptors (Lipinski definition) is 16. The number of ether oxygens (including phenoxy) is 3. The molecule has 0 saturated carbocycles. The Balaban J connectivity index is 0.843. The van der Waals surface area contributed by atoms with Crippen LogP contribution < -0.4 is 40.0 Å². The van der Waals surface area contributed by atoms with Crippen LogP contribution in [-0.4, -0.2) is 205 Å². The maximum Gasteiger partial charge on any atom is 0.259 e. The average Bonchev–Trinajstić information content (AvgIpc) is 3.61. The van der Waals surface area contributed by atoms with Crippen LogP contribution in [0.5, 0.6) is 17.2 Å². The molecule has 5 aliphatic rings. The van der Waals surface area contributed by atoms with E-state index in [4.69, 9.17) is 30.8 Å². The Morgan fingerprint density at radius 3 is 1.65 bits per heavy atom. The van der Waals surface area contributed by atoms with Gasteiger partial charge in [0.05, 0.1) is 44.6 Å². The molecule has 17 nitrogen and oxygen atoms in total. The molecule has 0 radical (unpaired) electrons. The minimum Gasteiger partial charge on any atom is -0.495 e. The summed E-state index contributed by atoms with van der Waals surface area (Å²) in [6.45, 7) is 14.6. The topological polar surface area (TPSA) is 133 Å². The second-order valence-electron chi connectivity index (χ2n) is 20.2. The molecule has 4 fully saturated rings. The second kappa shape index (κ2) is 23.1. The lowest BCUT2D eigenvalue weighted by molar-refractivity contribution is -0.133. The molecule has 0 spiro atoms. The number of aromatic nitrogens is 2. The highest BCUT2D eigenvalue weighted by atomic mass is 35.5. The molecule has 18 heteroatoms. The number of benzene rings is 3. The van der Waals surface area contributed by atoms with Crippen molar-refractivity contribution in [2.75, 3.05) is 167 Å². The Kier molecular flexibility index (Phi) is 16.4. The summed E-state index contributed by atoms with van der Waals surface area (Å²) in [6.07, 6.45) is 7.05. The van der Waals surface area contributed by atoms with Gasteiger partial charge in [-0.05, 0) is 100 Å². The van der Waals surface area contributed by atoms with Gasteiger partial charge < -0.3 is 54.7 Å². The number of rotatable bonds is 15. The number of piperidine rings is 2. The number of methoxy groups -OCH3 is 3. The molecular formula is C53H76ClN13O4. The van der Waals surface area contributed by atoms with Crippen molar-refractivity contribution >= 4 is 57.7 Å². The van der Waals surface area contributed by atoms with Crippen LogP contribution >= 0.6 is 11.6 Å². The summed E-state index contributed by atoms with van der Waals surface area (Å²) in [5, 5.41) is 10.8. The fourth-order valence-electron chi connectivity index (χ4n) is 11.1. The van der Waals surface area contributed by atoms with Gasteiger partial charge in [0, 0.05) is 141 Å². The second-order valence-corrected chi connectivity index (χ2v) is 20.6. The van der Waals surface area contributed by atoms with E-state index < -0.39 is 6.17 Å². The number of halogens is 1. The van der Waals surface area contributed by atoms with Gasteiger partial charge in [-0.25, -0.2) is 4.98 Å². The van der Waals surface area contributed by atoms with E-state index >= 15 is 0 Å². The van der Waals surface area contributed by atoms with Crippen molar-refractivity contribution in [3.05, 3.63) is 70.9 Å². The van der Waals surface area contributed by atoms with E-state index in [1.807, 2.05) is 20.2 Å². The largest absolute Gasteiger partial charge is 0.495 e. The zero-order valence-electron chi connectivity index (χ0n) is 43.1. The van der Waals surface area contributed by atoms with Crippen molar-refractivity contribution in [2.45, 2.75) is 56.8 Å². The summed E-state index contributed by atoms with van der Waals surface area (Å²) < 4.78 is 17.9. The van der Waals surface area contributed by atoms with Gasteiger partial charge in [-0.2, -0.15) is 4.98 Å². The summed E-state index contributed by atoms with van der Waals surface area (Å²) in [4.78, 5) is 42.4. The third-order valence-electron chi connectivity index (χ3n) is 15.6. The van der Waals surface area contributed by atoms with E-state index in [9.17, 15) is 4.79 Å². The molecule has 0 aliphatic carbocycles. The summed E-state index contributed by atoms with van der Waals surface area (Å²) in [5.74, 6) is 2.88. The number of nitrogens with one attached hydrogen (secondary N) is 3. The summed E-state index contributed by atoms with van der Waals surface area (Å²) >= 11 is 6.73. The summed E-state index contributed by atoms with van der Waals surface area (Å²) in [6, 6.07) is 18.1. The van der Waals surface area contributed by atoms with Crippen LogP contribution in [0.2, 0.25) is 5.02 Å². The Labute approximate surface area is 426 Å². The normalized spacial score (nSPS) is 19.9. The van der Waals surface area contributed by atoms with Crippen molar-refractivity contribution in [3.63, 3.8) is 0 Å². The maximum atomic E-state index is 14.0. The zero-order valence-corrected chi connectivity index (χ0v) is 43.8. The molecule has 0 bridgehead atoms. The molecule has 9 rings (SSSR count). The standard InChI is InChI=1S/C53H76ClN13O4/c1-60(2)52(68)51(57-45-11-9-42(35-49(45)71-7)64-22-16-40(17-23-64)66-30-26-62(4)27-31-66)67-18-12-37-32-46(47(69-5)33-38(37)13-19-67)58-53-55-36-43(54)50(59-53)56-44-10-8-41(34-48(44)70-6)63-20-14-39(15-21-63)65-28-24-61(3)25-29-65/h8-11,32-36,39-40,51,57H,12-31H2,1-7H3,(H2,55,56,58,59). The Morgan fingerprint density at radius 2 is 1.13 bits per heavy atom. The van der Waals surface area contributed by atoms with Gasteiger partial charge in [0.25, 0.3) is 5.91 Å². The number of anilines is 7. The third-order valence-corrected chi connectivity index (χ3v) is 15.8. The van der Waals surface area contributed by atoms with Crippen LogP contribution in [0, 0.1) is 0 Å². The molecule has 4 aromatic rings. The lowest BCUT2D eigenvalue weighted by Gasteiger charge is -2.42. The van der Waals surface area contributed by atoms with Crippen molar-refractivity contribution < 1.29 is 19.0 Å². The van der Waals surface area contributed by atoms with E-state index in [1.54, 1.807) is 32.4 Å². The molecule has 1 atom stereocenters. The van der Waals surface area contributed by atoms with Gasteiger partial charge in [-0.3, -0.25) is 19.5 Å². The number of carbonyl (C=O) groups is 1.